The molecular weight excluding hydrogens is 512 g/mol. The zero-order valence-corrected chi connectivity index (χ0v) is 19.6. The van der Waals surface area contributed by atoms with Gasteiger partial charge in [-0.3, -0.25) is 14.4 Å². The van der Waals surface area contributed by atoms with Crippen molar-refractivity contribution in [1.29, 1.82) is 0 Å². The van der Waals surface area contributed by atoms with Crippen molar-refractivity contribution >= 4 is 17.5 Å². The summed E-state index contributed by atoms with van der Waals surface area (Å²) in [4.78, 5) is 38.1. The molecule has 202 valence electrons. The van der Waals surface area contributed by atoms with Crippen LogP contribution in [0.2, 0.25) is 0 Å². The lowest BCUT2D eigenvalue weighted by Crippen LogP contribution is -2.39. The normalized spacial score (nSPS) is 17.2. The van der Waals surface area contributed by atoms with Crippen molar-refractivity contribution < 1.29 is 36.0 Å². The fourth-order valence-corrected chi connectivity index (χ4v) is 3.61. The summed E-state index contributed by atoms with van der Waals surface area (Å²) < 4.78 is 77.5. The number of carbonyl (C=O) groups is 1. The highest BCUT2D eigenvalue weighted by Gasteiger charge is 2.37. The lowest BCUT2D eigenvalue weighted by Gasteiger charge is -2.33. The van der Waals surface area contributed by atoms with Crippen molar-refractivity contribution in [2.45, 2.75) is 51.1 Å². The highest BCUT2D eigenvalue weighted by atomic mass is 19.4. The van der Waals surface area contributed by atoms with Crippen LogP contribution in [0.25, 0.3) is 0 Å². The maximum absolute atomic E-state index is 13.1. The average molecular weight is 535 g/mol. The number of amides is 1. The van der Waals surface area contributed by atoms with E-state index in [0.29, 0.717) is 18.8 Å². The van der Waals surface area contributed by atoms with Crippen molar-refractivity contribution in [3.8, 4) is 0 Å². The third-order valence-corrected chi connectivity index (χ3v) is 5.34. The second-order valence-electron chi connectivity index (χ2n) is 8.38. The van der Waals surface area contributed by atoms with Crippen LogP contribution < -0.4 is 21.3 Å². The summed E-state index contributed by atoms with van der Waals surface area (Å²) >= 11 is 0. The minimum absolute atomic E-state index is 0.0237. The molecule has 1 aliphatic rings. The highest BCUT2D eigenvalue weighted by molar-refractivity contribution is 5.77. The average Bonchev–Trinajstić information content (AvgIpc) is 2.78. The van der Waals surface area contributed by atoms with Crippen LogP contribution in [0.4, 0.5) is 38.0 Å². The van der Waals surface area contributed by atoms with Gasteiger partial charge in [0.05, 0.1) is 24.1 Å². The van der Waals surface area contributed by atoms with Gasteiger partial charge in [-0.05, 0) is 20.3 Å². The lowest BCUT2D eigenvalue weighted by molar-refractivity contribution is -0.139. The first-order valence-electron chi connectivity index (χ1n) is 10.9. The van der Waals surface area contributed by atoms with E-state index >= 15 is 0 Å². The van der Waals surface area contributed by atoms with Crippen molar-refractivity contribution in [2.75, 3.05) is 23.4 Å². The Bertz CT molecular complexity index is 1180. The Hall–Kier alpha value is -3.69. The molecule has 0 saturated carbocycles. The predicted molar refractivity (Wildman–Crippen MR) is 118 cm³/mol. The number of nitrogens with zero attached hydrogens (tertiary/aromatic N) is 4. The molecule has 0 saturated heterocycles. The first-order chi connectivity index (χ1) is 17.3. The smallest absolute Gasteiger partial charge is 0.378 e. The second kappa shape index (κ2) is 11.1. The number of aromatic amines is 1. The summed E-state index contributed by atoms with van der Waals surface area (Å²) in [6.45, 7) is 3.36. The molecule has 2 aromatic heterocycles. The number of rotatable bonds is 8. The number of aromatic nitrogens is 4. The minimum Gasteiger partial charge on any atom is -0.378 e. The first kappa shape index (κ1) is 27.9. The van der Waals surface area contributed by atoms with Gasteiger partial charge in [0.25, 0.3) is 5.56 Å². The quantitative estimate of drug-likeness (QED) is 0.268. The van der Waals surface area contributed by atoms with Gasteiger partial charge in [0, 0.05) is 37.4 Å². The molecule has 2 aromatic rings. The van der Waals surface area contributed by atoms with E-state index in [-0.39, 0.29) is 31.6 Å². The van der Waals surface area contributed by atoms with E-state index in [0.717, 1.165) is 11.8 Å². The van der Waals surface area contributed by atoms with E-state index in [1.165, 1.54) is 6.92 Å². The van der Waals surface area contributed by atoms with Crippen LogP contribution in [0.5, 0.6) is 0 Å². The summed E-state index contributed by atoms with van der Waals surface area (Å²) in [6.07, 6.45) is -5.04. The largest absolute Gasteiger partial charge is 0.423 e. The van der Waals surface area contributed by atoms with Crippen molar-refractivity contribution in [3.63, 3.8) is 0 Å². The maximum atomic E-state index is 13.1. The van der Waals surface area contributed by atoms with Gasteiger partial charge in [-0.15, -0.1) is 0 Å². The number of nitrogens with one attached hydrogen (secondary N) is 3. The molecule has 0 bridgehead atoms. The van der Waals surface area contributed by atoms with Gasteiger partial charge in [-0.25, -0.2) is 20.5 Å². The van der Waals surface area contributed by atoms with Gasteiger partial charge in [0.2, 0.25) is 11.9 Å². The first-order valence-corrected chi connectivity index (χ1v) is 10.9. The Kier molecular flexibility index (Phi) is 8.40. The Morgan fingerprint density at radius 2 is 1.86 bits per heavy atom. The maximum Gasteiger partial charge on any atom is 0.423 e. The monoisotopic (exact) mass is 535 g/mol. The molecule has 0 aromatic carbocycles. The molecule has 16 heteroatoms. The van der Waals surface area contributed by atoms with Crippen LogP contribution in [-0.4, -0.2) is 51.3 Å². The van der Waals surface area contributed by atoms with Crippen LogP contribution in [-0.2, 0) is 22.0 Å². The van der Waals surface area contributed by atoms with Crippen molar-refractivity contribution in [2.24, 2.45) is 0 Å². The van der Waals surface area contributed by atoms with Gasteiger partial charge in [0.1, 0.15) is 5.56 Å². The van der Waals surface area contributed by atoms with Crippen LogP contribution >= 0.6 is 0 Å². The van der Waals surface area contributed by atoms with E-state index in [9.17, 15) is 35.9 Å². The number of hydroxylamine groups is 1. The number of hydrogen-bond acceptors (Lipinski definition) is 8. The minimum atomic E-state index is -4.90. The summed E-state index contributed by atoms with van der Waals surface area (Å²) in [7, 11) is 0. The number of anilines is 2. The number of H-pyrrole nitrogens is 1. The summed E-state index contributed by atoms with van der Waals surface area (Å²) in [5.41, 5.74) is -1.32. The second-order valence-corrected chi connectivity index (χ2v) is 8.38. The van der Waals surface area contributed by atoms with E-state index in [1.54, 1.807) is 16.1 Å². The Labute approximate surface area is 206 Å². The van der Waals surface area contributed by atoms with Crippen LogP contribution in [0.1, 0.15) is 37.8 Å². The lowest BCUT2D eigenvalue weighted by atomic mass is 9.99. The van der Waals surface area contributed by atoms with Gasteiger partial charge in [0.15, 0.2) is 0 Å². The molecule has 3 N–H and O–H groups in total. The van der Waals surface area contributed by atoms with Crippen molar-refractivity contribution in [3.05, 3.63) is 51.7 Å². The number of hydrogen-bond donors (Lipinski definition) is 3. The van der Waals surface area contributed by atoms with Gasteiger partial charge < -0.3 is 10.2 Å². The highest BCUT2D eigenvalue weighted by Crippen LogP contribution is 2.32. The molecule has 0 radical (unpaired) electrons. The van der Waals surface area contributed by atoms with E-state index in [2.05, 4.69) is 25.9 Å². The third-order valence-electron chi connectivity index (χ3n) is 5.34. The Morgan fingerprint density at radius 3 is 2.46 bits per heavy atom. The van der Waals surface area contributed by atoms with Gasteiger partial charge in [-0.2, -0.15) is 31.4 Å². The van der Waals surface area contributed by atoms with Gasteiger partial charge in [-0.1, -0.05) is 11.6 Å². The summed E-state index contributed by atoms with van der Waals surface area (Å²) in [6, 6.07) is -0.920. The molecule has 3 heterocycles. The number of alkyl halides is 6. The van der Waals surface area contributed by atoms with E-state index in [4.69, 9.17) is 4.84 Å². The summed E-state index contributed by atoms with van der Waals surface area (Å²) in [5.74, 6) is -0.368. The topological polar surface area (TPSA) is 125 Å². The van der Waals surface area contributed by atoms with Crippen LogP contribution in [0.15, 0.2) is 35.0 Å². The summed E-state index contributed by atoms with van der Waals surface area (Å²) in [5, 5.41) is 7.57. The Balaban J connectivity index is 1.48. The molecule has 2 atom stereocenters. The molecule has 0 aliphatic carbocycles. The zero-order chi connectivity index (χ0) is 27.4. The predicted octanol–water partition coefficient (Wildman–Crippen LogP) is 3.06. The molecule has 3 rings (SSSR count). The zero-order valence-electron chi connectivity index (χ0n) is 19.6. The molecule has 1 amide bonds. The molecular formula is C21H23F6N7O3. The molecule has 0 spiro atoms. The number of carbonyl (C=O) groups excluding carboxylic acids is 1. The van der Waals surface area contributed by atoms with Crippen molar-refractivity contribution in [1.82, 2.24) is 25.6 Å². The SMILES string of the molecule is C[C@@H](CONC(=O)CC1=CCN(c2ncc(C(F)(F)F)cn2)[C@@H](C)C1)Nc1cn[nH]c(=O)c1C(F)(F)F. The standard InChI is InChI=1S/C21H23F6N7O3/c1-11(31-15-9-30-32-18(36)17(15)21(25,26)27)10-37-33-16(35)6-13-3-4-34(12(2)5-13)19-28-7-14(8-29-19)20(22,23)24/h3,7-9,11-12H,4-6,10H2,1-2H3,(H,33,35)(H2,31,32,36)/t11-,12-/m0/s1. The van der Waals surface area contributed by atoms with Crippen LogP contribution in [0.3, 0.4) is 0 Å². The fourth-order valence-electron chi connectivity index (χ4n) is 3.61. The Morgan fingerprint density at radius 1 is 1.19 bits per heavy atom. The molecule has 1 aliphatic heterocycles. The third kappa shape index (κ3) is 7.41. The molecule has 0 fully saturated rings. The molecule has 37 heavy (non-hydrogen) atoms. The number of halogens is 6. The molecule has 10 nitrogen and oxygen atoms in total. The van der Waals surface area contributed by atoms with E-state index in [1.807, 2.05) is 6.92 Å². The fraction of sp³-hybridized carbons (Fsp3) is 0.476. The van der Waals surface area contributed by atoms with E-state index < -0.39 is 46.7 Å². The molecule has 0 unspecified atom stereocenters. The van der Waals surface area contributed by atoms with Crippen LogP contribution in [0, 0.1) is 0 Å². The van der Waals surface area contributed by atoms with Gasteiger partial charge >= 0.3 is 12.4 Å².